The van der Waals surface area contributed by atoms with Crippen molar-refractivity contribution >= 4 is 5.91 Å². The van der Waals surface area contributed by atoms with Crippen LogP contribution in [0.2, 0.25) is 0 Å². The molecule has 0 saturated heterocycles. The van der Waals surface area contributed by atoms with E-state index >= 15 is 0 Å². The fourth-order valence-electron chi connectivity index (χ4n) is 1.75. The second-order valence-electron chi connectivity index (χ2n) is 3.75. The van der Waals surface area contributed by atoms with Crippen LogP contribution < -0.4 is 15.8 Å². The Hall–Kier alpha value is -1.55. The van der Waals surface area contributed by atoms with Crippen molar-refractivity contribution in [1.82, 2.24) is 5.32 Å². The van der Waals surface area contributed by atoms with Gasteiger partial charge >= 0.3 is 0 Å². The first-order valence-electron chi connectivity index (χ1n) is 5.87. The maximum Gasteiger partial charge on any atom is 0.227 e. The first-order valence-corrected chi connectivity index (χ1v) is 5.87. The molecule has 0 aliphatic carbocycles. The van der Waals surface area contributed by atoms with E-state index in [1.54, 1.807) is 7.05 Å². The van der Waals surface area contributed by atoms with Crippen molar-refractivity contribution < 1.29 is 9.53 Å². The Morgan fingerprint density at radius 2 is 2.06 bits per heavy atom. The zero-order valence-electron chi connectivity index (χ0n) is 10.4. The van der Waals surface area contributed by atoms with Gasteiger partial charge in [0, 0.05) is 7.05 Å². The average Bonchev–Trinajstić information content (AvgIpc) is 2.37. The normalized spacial score (nSPS) is 11.9. The van der Waals surface area contributed by atoms with Gasteiger partial charge in [-0.2, -0.15) is 0 Å². The number of amides is 1. The molecular weight excluding hydrogens is 216 g/mol. The molecule has 94 valence electrons. The zero-order valence-corrected chi connectivity index (χ0v) is 10.4. The molecule has 1 aromatic carbocycles. The SMILES string of the molecule is CCOc1ccc(C(CCN)C(=O)NC)cc1. The number of benzene rings is 1. The van der Waals surface area contributed by atoms with Gasteiger partial charge in [0.25, 0.3) is 0 Å². The molecule has 1 aromatic rings. The third kappa shape index (κ3) is 3.75. The van der Waals surface area contributed by atoms with Gasteiger partial charge in [0.15, 0.2) is 0 Å². The Bertz CT molecular complexity index is 349. The molecule has 1 atom stereocenters. The van der Waals surface area contributed by atoms with Gasteiger partial charge in [-0.3, -0.25) is 4.79 Å². The minimum atomic E-state index is -0.180. The average molecular weight is 236 g/mol. The summed E-state index contributed by atoms with van der Waals surface area (Å²) in [6.07, 6.45) is 0.646. The number of hydrogen-bond acceptors (Lipinski definition) is 3. The standard InChI is InChI=1S/C13H20N2O2/c1-3-17-11-6-4-10(5-7-11)12(8-9-14)13(16)15-2/h4-7,12H,3,8-9,14H2,1-2H3,(H,15,16). The van der Waals surface area contributed by atoms with Gasteiger partial charge in [0.05, 0.1) is 12.5 Å². The molecule has 0 aliphatic heterocycles. The number of carbonyl (C=O) groups excluding carboxylic acids is 1. The third-order valence-corrected chi connectivity index (χ3v) is 2.61. The molecule has 0 aliphatic rings. The smallest absolute Gasteiger partial charge is 0.227 e. The first-order chi connectivity index (χ1) is 8.22. The van der Waals surface area contributed by atoms with Gasteiger partial charge in [-0.05, 0) is 37.6 Å². The summed E-state index contributed by atoms with van der Waals surface area (Å²) < 4.78 is 5.36. The molecule has 0 spiro atoms. The van der Waals surface area contributed by atoms with Gasteiger partial charge in [-0.25, -0.2) is 0 Å². The maximum absolute atomic E-state index is 11.7. The highest BCUT2D eigenvalue weighted by atomic mass is 16.5. The van der Waals surface area contributed by atoms with E-state index in [0.29, 0.717) is 19.6 Å². The molecule has 0 aromatic heterocycles. The van der Waals surface area contributed by atoms with Crippen LogP contribution >= 0.6 is 0 Å². The van der Waals surface area contributed by atoms with Crippen LogP contribution in [0.4, 0.5) is 0 Å². The quantitative estimate of drug-likeness (QED) is 0.781. The minimum absolute atomic E-state index is 0.000361. The Labute approximate surface area is 102 Å². The number of nitrogens with two attached hydrogens (primary N) is 1. The number of rotatable bonds is 6. The van der Waals surface area contributed by atoms with E-state index in [-0.39, 0.29) is 11.8 Å². The van der Waals surface area contributed by atoms with E-state index < -0.39 is 0 Å². The second kappa shape index (κ2) is 6.91. The van der Waals surface area contributed by atoms with Crippen LogP contribution in [-0.2, 0) is 4.79 Å². The van der Waals surface area contributed by atoms with Gasteiger partial charge in [-0.15, -0.1) is 0 Å². The van der Waals surface area contributed by atoms with Gasteiger partial charge < -0.3 is 15.8 Å². The number of likely N-dealkylation sites (N-methyl/N-ethyl adjacent to an activating group) is 1. The van der Waals surface area contributed by atoms with Crippen LogP contribution in [0.1, 0.15) is 24.8 Å². The lowest BCUT2D eigenvalue weighted by atomic mass is 9.95. The minimum Gasteiger partial charge on any atom is -0.494 e. The molecule has 1 unspecified atom stereocenters. The predicted octanol–water partition coefficient (Wildman–Crippen LogP) is 1.26. The van der Waals surface area contributed by atoms with E-state index in [1.165, 1.54) is 0 Å². The highest BCUT2D eigenvalue weighted by Crippen LogP contribution is 2.22. The Morgan fingerprint density at radius 1 is 1.41 bits per heavy atom. The first kappa shape index (κ1) is 13.5. The van der Waals surface area contributed by atoms with Crippen LogP contribution in [0.25, 0.3) is 0 Å². The fraction of sp³-hybridized carbons (Fsp3) is 0.462. The molecule has 0 bridgehead atoms. The van der Waals surface area contributed by atoms with Crippen LogP contribution in [-0.4, -0.2) is 26.1 Å². The van der Waals surface area contributed by atoms with Crippen molar-refractivity contribution in [2.75, 3.05) is 20.2 Å². The molecule has 0 fully saturated rings. The molecule has 0 saturated carbocycles. The van der Waals surface area contributed by atoms with E-state index in [9.17, 15) is 4.79 Å². The van der Waals surface area contributed by atoms with Gasteiger partial charge in [0.1, 0.15) is 5.75 Å². The lowest BCUT2D eigenvalue weighted by molar-refractivity contribution is -0.122. The second-order valence-corrected chi connectivity index (χ2v) is 3.75. The van der Waals surface area contributed by atoms with E-state index in [4.69, 9.17) is 10.5 Å². The summed E-state index contributed by atoms with van der Waals surface area (Å²) in [4.78, 5) is 11.7. The van der Waals surface area contributed by atoms with Crippen molar-refractivity contribution in [2.24, 2.45) is 5.73 Å². The highest BCUT2D eigenvalue weighted by molar-refractivity contribution is 5.83. The summed E-state index contributed by atoms with van der Waals surface area (Å²) in [7, 11) is 1.64. The van der Waals surface area contributed by atoms with E-state index in [2.05, 4.69) is 5.32 Å². The highest BCUT2D eigenvalue weighted by Gasteiger charge is 2.18. The monoisotopic (exact) mass is 236 g/mol. The van der Waals surface area contributed by atoms with Crippen LogP contribution in [0.3, 0.4) is 0 Å². The molecular formula is C13H20N2O2. The number of ether oxygens (including phenoxy) is 1. The largest absolute Gasteiger partial charge is 0.494 e. The van der Waals surface area contributed by atoms with Crippen molar-refractivity contribution in [1.29, 1.82) is 0 Å². The Kier molecular flexibility index (Phi) is 5.49. The molecule has 1 rings (SSSR count). The van der Waals surface area contributed by atoms with E-state index in [1.807, 2.05) is 31.2 Å². The summed E-state index contributed by atoms with van der Waals surface area (Å²) in [6.45, 7) is 3.07. The van der Waals surface area contributed by atoms with Gasteiger partial charge in [-0.1, -0.05) is 12.1 Å². The number of nitrogens with one attached hydrogen (secondary N) is 1. The van der Waals surface area contributed by atoms with Gasteiger partial charge in [0.2, 0.25) is 5.91 Å². The van der Waals surface area contributed by atoms with Crippen LogP contribution in [0.15, 0.2) is 24.3 Å². The summed E-state index contributed by atoms with van der Waals surface area (Å²) in [6, 6.07) is 7.59. The molecule has 0 radical (unpaired) electrons. The third-order valence-electron chi connectivity index (χ3n) is 2.61. The van der Waals surface area contributed by atoms with Crippen molar-refractivity contribution in [3.05, 3.63) is 29.8 Å². The summed E-state index contributed by atoms with van der Waals surface area (Å²) in [5.41, 5.74) is 6.50. The molecule has 3 N–H and O–H groups in total. The Balaban J connectivity index is 2.83. The number of carbonyl (C=O) groups is 1. The van der Waals surface area contributed by atoms with Crippen LogP contribution in [0.5, 0.6) is 5.75 Å². The molecule has 0 heterocycles. The van der Waals surface area contributed by atoms with Crippen molar-refractivity contribution in [2.45, 2.75) is 19.3 Å². The van der Waals surface area contributed by atoms with Crippen LogP contribution in [0, 0.1) is 0 Å². The predicted molar refractivity (Wildman–Crippen MR) is 68.1 cm³/mol. The fourth-order valence-corrected chi connectivity index (χ4v) is 1.75. The van der Waals surface area contributed by atoms with Crippen molar-refractivity contribution in [3.8, 4) is 5.75 Å². The summed E-state index contributed by atoms with van der Waals surface area (Å²) in [5.74, 6) is 0.639. The molecule has 1 amide bonds. The Morgan fingerprint density at radius 3 is 2.53 bits per heavy atom. The molecule has 17 heavy (non-hydrogen) atoms. The van der Waals surface area contributed by atoms with Crippen molar-refractivity contribution in [3.63, 3.8) is 0 Å². The zero-order chi connectivity index (χ0) is 12.7. The maximum atomic E-state index is 11.7. The lowest BCUT2D eigenvalue weighted by Crippen LogP contribution is -2.27. The molecule has 4 nitrogen and oxygen atoms in total. The van der Waals surface area contributed by atoms with E-state index in [0.717, 1.165) is 11.3 Å². The summed E-state index contributed by atoms with van der Waals surface area (Å²) in [5, 5.41) is 2.66. The summed E-state index contributed by atoms with van der Waals surface area (Å²) >= 11 is 0. The molecule has 4 heteroatoms. The lowest BCUT2D eigenvalue weighted by Gasteiger charge is -2.15. The number of hydrogen-bond donors (Lipinski definition) is 2. The topological polar surface area (TPSA) is 64.3 Å².